The molecule has 1 unspecified atom stereocenters. The van der Waals surface area contributed by atoms with Crippen molar-refractivity contribution in [1.29, 1.82) is 0 Å². The number of hydrogen-bond donors (Lipinski definition) is 1. The van der Waals surface area contributed by atoms with Crippen molar-refractivity contribution in [2.24, 2.45) is 5.73 Å². The van der Waals surface area contributed by atoms with Crippen molar-refractivity contribution >= 4 is 23.7 Å². The summed E-state index contributed by atoms with van der Waals surface area (Å²) in [4.78, 5) is 8.29. The molecule has 0 aliphatic carbocycles. The van der Waals surface area contributed by atoms with Crippen molar-refractivity contribution in [2.75, 3.05) is 6.54 Å². The molecule has 5 nitrogen and oxygen atoms in total. The van der Waals surface area contributed by atoms with Crippen LogP contribution in [0.1, 0.15) is 49.0 Å². The van der Waals surface area contributed by atoms with Gasteiger partial charge in [-0.25, -0.2) is 0 Å². The molecule has 2 N–H and O–H groups in total. The Labute approximate surface area is 134 Å². The van der Waals surface area contributed by atoms with Gasteiger partial charge in [0.05, 0.1) is 12.1 Å². The number of fused-ring (bicyclic) bond motifs is 1. The summed E-state index contributed by atoms with van der Waals surface area (Å²) in [6, 6.07) is 2.62. The van der Waals surface area contributed by atoms with Gasteiger partial charge in [-0.2, -0.15) is 4.98 Å². The van der Waals surface area contributed by atoms with Crippen molar-refractivity contribution < 1.29 is 4.52 Å². The molecule has 116 valence electrons. The zero-order valence-corrected chi connectivity index (χ0v) is 14.1. The number of halogens is 1. The molecule has 0 fully saturated rings. The van der Waals surface area contributed by atoms with Gasteiger partial charge in [-0.3, -0.25) is 4.90 Å². The zero-order valence-electron chi connectivity index (χ0n) is 12.5. The standard InChI is InChI=1S/C14H20N4OS.ClH/c1-9-10-5-7-20-11(10)4-6-18(9)8-12-16-13(17-19-12)14(2,3)15;/h5,7,9H,4,6,8,15H2,1-3H3;1H. The lowest BCUT2D eigenvalue weighted by molar-refractivity contribution is 0.167. The maximum Gasteiger partial charge on any atom is 0.240 e. The van der Waals surface area contributed by atoms with E-state index in [0.29, 0.717) is 24.3 Å². The van der Waals surface area contributed by atoms with Crippen molar-refractivity contribution in [2.45, 2.75) is 45.3 Å². The molecular weight excluding hydrogens is 308 g/mol. The minimum absolute atomic E-state index is 0. The van der Waals surface area contributed by atoms with E-state index in [1.807, 2.05) is 25.2 Å². The number of rotatable bonds is 3. The van der Waals surface area contributed by atoms with Gasteiger partial charge in [0.25, 0.3) is 0 Å². The van der Waals surface area contributed by atoms with E-state index in [1.54, 1.807) is 0 Å². The second-order valence-corrected chi connectivity index (χ2v) is 6.93. The van der Waals surface area contributed by atoms with Crippen LogP contribution in [0.15, 0.2) is 16.0 Å². The third kappa shape index (κ3) is 3.29. The van der Waals surface area contributed by atoms with E-state index in [9.17, 15) is 0 Å². The van der Waals surface area contributed by atoms with Crippen molar-refractivity contribution in [3.05, 3.63) is 33.6 Å². The number of thiophene rings is 1. The highest BCUT2D eigenvalue weighted by atomic mass is 35.5. The van der Waals surface area contributed by atoms with Gasteiger partial charge in [0.15, 0.2) is 5.82 Å². The second kappa shape index (κ2) is 6.04. The van der Waals surface area contributed by atoms with Crippen molar-refractivity contribution in [3.63, 3.8) is 0 Å². The van der Waals surface area contributed by atoms with E-state index in [1.165, 1.54) is 10.4 Å². The molecule has 1 aliphatic rings. The summed E-state index contributed by atoms with van der Waals surface area (Å²) in [5, 5.41) is 6.15. The van der Waals surface area contributed by atoms with Crippen LogP contribution in [0, 0.1) is 0 Å². The van der Waals surface area contributed by atoms with E-state index in [-0.39, 0.29) is 12.4 Å². The Morgan fingerprint density at radius 2 is 2.29 bits per heavy atom. The molecule has 0 saturated heterocycles. The first kappa shape index (κ1) is 16.4. The van der Waals surface area contributed by atoms with Gasteiger partial charge >= 0.3 is 0 Å². The summed E-state index contributed by atoms with van der Waals surface area (Å²) in [5.74, 6) is 1.21. The topological polar surface area (TPSA) is 68.2 Å². The Morgan fingerprint density at radius 1 is 1.52 bits per heavy atom. The highest BCUT2D eigenvalue weighted by molar-refractivity contribution is 7.10. The molecule has 0 aromatic carbocycles. The summed E-state index contributed by atoms with van der Waals surface area (Å²) in [6.07, 6.45) is 1.10. The quantitative estimate of drug-likeness (QED) is 0.938. The van der Waals surface area contributed by atoms with Gasteiger partial charge in [-0.1, -0.05) is 5.16 Å². The Balaban J connectivity index is 0.00000161. The van der Waals surface area contributed by atoms with E-state index < -0.39 is 5.54 Å². The lowest BCUT2D eigenvalue weighted by Gasteiger charge is -2.32. The first-order chi connectivity index (χ1) is 9.45. The Bertz CT molecular complexity index is 604. The molecule has 0 bridgehead atoms. The lowest BCUT2D eigenvalue weighted by atomic mass is 10.0. The molecule has 7 heteroatoms. The molecule has 0 amide bonds. The van der Waals surface area contributed by atoms with E-state index in [0.717, 1.165) is 13.0 Å². The lowest BCUT2D eigenvalue weighted by Crippen LogP contribution is -2.33. The second-order valence-electron chi connectivity index (χ2n) is 5.93. The molecular formula is C14H21ClN4OS. The van der Waals surface area contributed by atoms with Crippen LogP contribution < -0.4 is 5.73 Å². The van der Waals surface area contributed by atoms with E-state index >= 15 is 0 Å². The average Bonchev–Trinajstić information content (AvgIpc) is 3.01. The normalized spacial score (nSPS) is 19.1. The average molecular weight is 329 g/mol. The first-order valence-electron chi connectivity index (χ1n) is 6.87. The fourth-order valence-corrected chi connectivity index (χ4v) is 3.49. The van der Waals surface area contributed by atoms with Crippen LogP contribution in [-0.2, 0) is 18.5 Å². The summed E-state index contributed by atoms with van der Waals surface area (Å²) < 4.78 is 5.33. The van der Waals surface area contributed by atoms with Crippen LogP contribution in [-0.4, -0.2) is 21.6 Å². The smallest absolute Gasteiger partial charge is 0.240 e. The van der Waals surface area contributed by atoms with Gasteiger partial charge in [0, 0.05) is 17.5 Å². The highest BCUT2D eigenvalue weighted by Crippen LogP contribution is 2.33. The summed E-state index contributed by atoms with van der Waals surface area (Å²) in [5.41, 5.74) is 6.85. The molecule has 2 aromatic rings. The number of nitrogens with two attached hydrogens (primary N) is 1. The van der Waals surface area contributed by atoms with Crippen molar-refractivity contribution in [1.82, 2.24) is 15.0 Å². The molecule has 0 saturated carbocycles. The van der Waals surface area contributed by atoms with Gasteiger partial charge in [-0.15, -0.1) is 23.7 Å². The minimum atomic E-state index is -0.560. The maximum atomic E-state index is 5.98. The Hall–Kier alpha value is -0.950. The predicted octanol–water partition coefficient (Wildman–Crippen LogP) is 2.87. The van der Waals surface area contributed by atoms with Crippen LogP contribution >= 0.6 is 23.7 Å². The number of hydrogen-bond acceptors (Lipinski definition) is 6. The number of aromatic nitrogens is 2. The van der Waals surface area contributed by atoms with Crippen LogP contribution in [0.4, 0.5) is 0 Å². The first-order valence-corrected chi connectivity index (χ1v) is 7.75. The molecule has 0 spiro atoms. The molecule has 3 heterocycles. The van der Waals surface area contributed by atoms with Gasteiger partial charge in [0.1, 0.15) is 0 Å². The van der Waals surface area contributed by atoms with Gasteiger partial charge in [0.2, 0.25) is 5.89 Å². The summed E-state index contributed by atoms with van der Waals surface area (Å²) in [6.45, 7) is 7.69. The third-order valence-electron chi connectivity index (χ3n) is 3.79. The fourth-order valence-electron chi connectivity index (χ4n) is 2.53. The van der Waals surface area contributed by atoms with Gasteiger partial charge in [-0.05, 0) is 44.2 Å². The predicted molar refractivity (Wildman–Crippen MR) is 85.6 cm³/mol. The van der Waals surface area contributed by atoms with Crippen molar-refractivity contribution in [3.8, 4) is 0 Å². The highest BCUT2D eigenvalue weighted by Gasteiger charge is 2.27. The summed E-state index contributed by atoms with van der Waals surface area (Å²) >= 11 is 1.85. The molecule has 0 radical (unpaired) electrons. The monoisotopic (exact) mass is 328 g/mol. The Morgan fingerprint density at radius 3 is 2.95 bits per heavy atom. The summed E-state index contributed by atoms with van der Waals surface area (Å²) in [7, 11) is 0. The largest absolute Gasteiger partial charge is 0.338 e. The van der Waals surface area contributed by atoms with Crippen LogP contribution in [0.2, 0.25) is 0 Å². The SMILES string of the molecule is CC1c2ccsc2CCN1Cc1nc(C(C)(C)N)no1.Cl. The maximum absolute atomic E-state index is 5.98. The van der Waals surface area contributed by atoms with Crippen LogP contribution in [0.5, 0.6) is 0 Å². The molecule has 1 atom stereocenters. The molecule has 2 aromatic heterocycles. The van der Waals surface area contributed by atoms with E-state index in [2.05, 4.69) is 33.4 Å². The minimum Gasteiger partial charge on any atom is -0.338 e. The molecule has 21 heavy (non-hydrogen) atoms. The van der Waals surface area contributed by atoms with Crippen LogP contribution in [0.25, 0.3) is 0 Å². The van der Waals surface area contributed by atoms with Gasteiger partial charge < -0.3 is 10.3 Å². The Kier molecular flexibility index (Phi) is 4.72. The van der Waals surface area contributed by atoms with Crippen LogP contribution in [0.3, 0.4) is 0 Å². The fraction of sp³-hybridized carbons (Fsp3) is 0.571. The van der Waals surface area contributed by atoms with E-state index in [4.69, 9.17) is 10.3 Å². The third-order valence-corrected chi connectivity index (χ3v) is 4.78. The molecule has 3 rings (SSSR count). The zero-order chi connectivity index (χ0) is 14.3. The number of nitrogens with zero attached hydrogens (tertiary/aromatic N) is 3. The molecule has 1 aliphatic heterocycles.